The molecule has 0 amide bonds. The molecule has 0 fully saturated rings. The zero-order valence-corrected chi connectivity index (χ0v) is 11.9. The highest BCUT2D eigenvalue weighted by Gasteiger charge is 2.07. The van der Waals surface area contributed by atoms with Crippen molar-refractivity contribution in [1.82, 2.24) is 14.9 Å². The van der Waals surface area contributed by atoms with Gasteiger partial charge < -0.3 is 5.32 Å². The summed E-state index contributed by atoms with van der Waals surface area (Å²) in [4.78, 5) is 0. The monoisotopic (exact) mass is 265 g/mol. The SMILES string of the molecule is Cc1ccc([C@H](C)NCc2cnn3ccccc23)cc1. The molecule has 102 valence electrons. The van der Waals surface area contributed by atoms with Crippen LogP contribution in [0.1, 0.15) is 29.7 Å². The first-order valence-electron chi connectivity index (χ1n) is 6.95. The lowest BCUT2D eigenvalue weighted by Gasteiger charge is -2.14. The molecule has 1 atom stereocenters. The van der Waals surface area contributed by atoms with Crippen LogP contribution in [0.2, 0.25) is 0 Å². The quantitative estimate of drug-likeness (QED) is 0.782. The molecule has 0 aliphatic carbocycles. The molecule has 0 saturated heterocycles. The molecule has 0 spiro atoms. The van der Waals surface area contributed by atoms with Crippen molar-refractivity contribution < 1.29 is 0 Å². The molecule has 0 bridgehead atoms. The van der Waals surface area contributed by atoms with Gasteiger partial charge in [0.05, 0.1) is 11.7 Å². The molecule has 2 heterocycles. The molecule has 3 nitrogen and oxygen atoms in total. The number of nitrogens with zero attached hydrogens (tertiary/aromatic N) is 2. The smallest absolute Gasteiger partial charge is 0.0706 e. The Kier molecular flexibility index (Phi) is 3.52. The summed E-state index contributed by atoms with van der Waals surface area (Å²) in [5.41, 5.74) is 5.00. The maximum atomic E-state index is 4.36. The Morgan fingerprint density at radius 1 is 1.15 bits per heavy atom. The number of hydrogen-bond acceptors (Lipinski definition) is 2. The molecule has 3 aromatic rings. The molecule has 20 heavy (non-hydrogen) atoms. The number of aryl methyl sites for hydroxylation is 1. The third kappa shape index (κ3) is 2.58. The first kappa shape index (κ1) is 12.9. The second-order valence-electron chi connectivity index (χ2n) is 5.21. The van der Waals surface area contributed by atoms with E-state index in [9.17, 15) is 0 Å². The Morgan fingerprint density at radius 3 is 2.75 bits per heavy atom. The van der Waals surface area contributed by atoms with Crippen molar-refractivity contribution in [2.24, 2.45) is 0 Å². The molecular formula is C17H19N3. The highest BCUT2D eigenvalue weighted by Crippen LogP contribution is 2.15. The summed E-state index contributed by atoms with van der Waals surface area (Å²) in [7, 11) is 0. The fourth-order valence-corrected chi connectivity index (χ4v) is 2.36. The minimum Gasteiger partial charge on any atom is -0.306 e. The van der Waals surface area contributed by atoms with Crippen molar-refractivity contribution >= 4 is 5.52 Å². The zero-order valence-electron chi connectivity index (χ0n) is 11.9. The summed E-state index contributed by atoms with van der Waals surface area (Å²) in [6.07, 6.45) is 3.91. The van der Waals surface area contributed by atoms with Crippen molar-refractivity contribution in [3.8, 4) is 0 Å². The highest BCUT2D eigenvalue weighted by atomic mass is 15.2. The van der Waals surface area contributed by atoms with E-state index in [2.05, 4.69) is 54.6 Å². The molecular weight excluding hydrogens is 246 g/mol. The van der Waals surface area contributed by atoms with Gasteiger partial charge in [0, 0.05) is 24.3 Å². The Labute approximate surface area is 119 Å². The van der Waals surface area contributed by atoms with Gasteiger partial charge >= 0.3 is 0 Å². The number of nitrogens with one attached hydrogen (secondary N) is 1. The Hall–Kier alpha value is -2.13. The Bertz CT molecular complexity index is 698. The Morgan fingerprint density at radius 2 is 1.95 bits per heavy atom. The number of rotatable bonds is 4. The maximum absolute atomic E-state index is 4.36. The van der Waals surface area contributed by atoms with Crippen molar-refractivity contribution in [2.75, 3.05) is 0 Å². The fourth-order valence-electron chi connectivity index (χ4n) is 2.36. The molecule has 3 heteroatoms. The summed E-state index contributed by atoms with van der Waals surface area (Å²) in [5, 5.41) is 7.92. The lowest BCUT2D eigenvalue weighted by molar-refractivity contribution is 0.576. The summed E-state index contributed by atoms with van der Waals surface area (Å²) in [5.74, 6) is 0. The van der Waals surface area contributed by atoms with Gasteiger partial charge in [0.2, 0.25) is 0 Å². The van der Waals surface area contributed by atoms with E-state index in [0.29, 0.717) is 6.04 Å². The average Bonchev–Trinajstić information content (AvgIpc) is 2.89. The topological polar surface area (TPSA) is 29.3 Å². The minimum absolute atomic E-state index is 0.328. The van der Waals surface area contributed by atoms with Crippen LogP contribution in [0.3, 0.4) is 0 Å². The van der Waals surface area contributed by atoms with E-state index < -0.39 is 0 Å². The molecule has 1 N–H and O–H groups in total. The van der Waals surface area contributed by atoms with Crippen LogP contribution in [0, 0.1) is 6.92 Å². The van der Waals surface area contributed by atoms with Gasteiger partial charge in [-0.2, -0.15) is 5.10 Å². The number of pyridine rings is 1. The summed E-state index contributed by atoms with van der Waals surface area (Å²) >= 11 is 0. The highest BCUT2D eigenvalue weighted by molar-refractivity contribution is 5.53. The van der Waals surface area contributed by atoms with Crippen LogP contribution >= 0.6 is 0 Å². The zero-order chi connectivity index (χ0) is 13.9. The minimum atomic E-state index is 0.328. The third-order valence-corrected chi connectivity index (χ3v) is 3.68. The van der Waals surface area contributed by atoms with Crippen LogP contribution in [-0.2, 0) is 6.54 Å². The van der Waals surface area contributed by atoms with Gasteiger partial charge in [0.15, 0.2) is 0 Å². The van der Waals surface area contributed by atoms with Gasteiger partial charge in [-0.15, -0.1) is 0 Å². The van der Waals surface area contributed by atoms with Gasteiger partial charge in [-0.1, -0.05) is 35.9 Å². The predicted molar refractivity (Wildman–Crippen MR) is 81.6 cm³/mol. The number of benzene rings is 1. The number of hydrogen-bond donors (Lipinski definition) is 1. The molecule has 1 aromatic carbocycles. The Balaban J connectivity index is 1.71. The summed E-state index contributed by atoms with van der Waals surface area (Å²) in [6.45, 7) is 5.12. The van der Waals surface area contributed by atoms with Crippen molar-refractivity contribution in [3.05, 3.63) is 71.5 Å². The molecule has 3 rings (SSSR count). The average molecular weight is 265 g/mol. The van der Waals surface area contributed by atoms with E-state index in [-0.39, 0.29) is 0 Å². The van der Waals surface area contributed by atoms with E-state index in [1.807, 2.05) is 29.0 Å². The molecule has 0 aliphatic rings. The van der Waals surface area contributed by atoms with Gasteiger partial charge in [-0.05, 0) is 31.5 Å². The second kappa shape index (κ2) is 5.47. The van der Waals surface area contributed by atoms with Gasteiger partial charge in [0.25, 0.3) is 0 Å². The van der Waals surface area contributed by atoms with Crippen molar-refractivity contribution in [2.45, 2.75) is 26.4 Å². The second-order valence-corrected chi connectivity index (χ2v) is 5.21. The first-order chi connectivity index (χ1) is 9.74. The molecule has 0 unspecified atom stereocenters. The van der Waals surface area contributed by atoms with E-state index in [4.69, 9.17) is 0 Å². The van der Waals surface area contributed by atoms with Crippen LogP contribution < -0.4 is 5.32 Å². The maximum Gasteiger partial charge on any atom is 0.0706 e. The normalized spacial score (nSPS) is 12.7. The van der Waals surface area contributed by atoms with Crippen LogP contribution in [-0.4, -0.2) is 9.61 Å². The third-order valence-electron chi connectivity index (χ3n) is 3.68. The lowest BCUT2D eigenvalue weighted by Crippen LogP contribution is -2.17. The van der Waals surface area contributed by atoms with Gasteiger partial charge in [-0.3, -0.25) is 0 Å². The van der Waals surface area contributed by atoms with Crippen molar-refractivity contribution in [1.29, 1.82) is 0 Å². The lowest BCUT2D eigenvalue weighted by atomic mass is 10.1. The van der Waals surface area contributed by atoms with E-state index in [1.165, 1.54) is 16.7 Å². The summed E-state index contributed by atoms with van der Waals surface area (Å²) in [6, 6.07) is 15.1. The van der Waals surface area contributed by atoms with E-state index >= 15 is 0 Å². The van der Waals surface area contributed by atoms with Crippen LogP contribution in [0.25, 0.3) is 5.52 Å². The largest absolute Gasteiger partial charge is 0.306 e. The van der Waals surface area contributed by atoms with Crippen molar-refractivity contribution in [3.63, 3.8) is 0 Å². The fraction of sp³-hybridized carbons (Fsp3) is 0.235. The van der Waals surface area contributed by atoms with Crippen LogP contribution in [0.4, 0.5) is 0 Å². The van der Waals surface area contributed by atoms with Gasteiger partial charge in [0.1, 0.15) is 0 Å². The predicted octanol–water partition coefficient (Wildman–Crippen LogP) is 3.49. The number of aromatic nitrogens is 2. The van der Waals surface area contributed by atoms with Crippen LogP contribution in [0.5, 0.6) is 0 Å². The molecule has 0 radical (unpaired) electrons. The molecule has 0 aliphatic heterocycles. The first-order valence-corrected chi connectivity index (χ1v) is 6.95. The standard InChI is InChI=1S/C17H19N3/c1-13-6-8-15(9-7-13)14(2)18-11-16-12-19-20-10-4-3-5-17(16)20/h3-10,12,14,18H,11H2,1-2H3/t14-/m0/s1. The molecule has 2 aromatic heterocycles. The summed E-state index contributed by atoms with van der Waals surface area (Å²) < 4.78 is 1.91. The molecule has 0 saturated carbocycles. The van der Waals surface area contributed by atoms with E-state index in [1.54, 1.807) is 0 Å². The van der Waals surface area contributed by atoms with Gasteiger partial charge in [-0.25, -0.2) is 4.52 Å². The number of fused-ring (bicyclic) bond motifs is 1. The van der Waals surface area contributed by atoms with E-state index in [0.717, 1.165) is 12.1 Å². The van der Waals surface area contributed by atoms with Crippen LogP contribution in [0.15, 0.2) is 54.9 Å².